The number of hydrogen-bond acceptors (Lipinski definition) is 7. The smallest absolute Gasteiger partial charge is 0.192 e. The lowest BCUT2D eigenvalue weighted by molar-refractivity contribution is -0.111. The average molecular weight is 615 g/mol. The lowest BCUT2D eigenvalue weighted by atomic mass is 9.94. The number of carbonyl (C=O) groups is 1. The van der Waals surface area contributed by atoms with E-state index in [4.69, 9.17) is 18.3 Å². The van der Waals surface area contributed by atoms with Gasteiger partial charge < -0.3 is 23.1 Å². The van der Waals surface area contributed by atoms with Crippen molar-refractivity contribution in [2.75, 3.05) is 19.5 Å². The van der Waals surface area contributed by atoms with Gasteiger partial charge in [-0.1, -0.05) is 59.2 Å². The van der Waals surface area contributed by atoms with Gasteiger partial charge in [0.2, 0.25) is 0 Å². The maximum absolute atomic E-state index is 13.4. The molecule has 7 nitrogen and oxygen atoms in total. The van der Waals surface area contributed by atoms with Crippen LogP contribution in [0.4, 0.5) is 0 Å². The van der Waals surface area contributed by atoms with Crippen molar-refractivity contribution in [3.63, 3.8) is 0 Å². The largest absolute Gasteiger partial charge is 0.414 e. The van der Waals surface area contributed by atoms with Gasteiger partial charge in [0.25, 0.3) is 0 Å². The number of aldehydes is 1. The Morgan fingerprint density at radius 2 is 1.50 bits per heavy atom. The zero-order valence-electron chi connectivity index (χ0n) is 26.9. The standard InChI is InChI=1S/C30H54O7SSi2/c1-22-13-15-24(16-14-22)38(32,33)21-25-26(17-18-31)36-27(28(25)34-8)19-23(37-40(11,12)30(5,6)7)20-35-39(9,10)29(2,3)4/h13-16,18,23,25-28H,17,19-21H2,1-12H3/t23-,25-,26?,27+,28+/m0/s1. The average Bonchev–Trinajstić information content (AvgIpc) is 3.11. The van der Waals surface area contributed by atoms with Crippen molar-refractivity contribution in [1.29, 1.82) is 0 Å². The second-order valence-electron chi connectivity index (χ2n) is 14.4. The second kappa shape index (κ2) is 13.2. The summed E-state index contributed by atoms with van der Waals surface area (Å²) >= 11 is 0. The fraction of sp³-hybridized carbons (Fsp3) is 0.767. The summed E-state index contributed by atoms with van der Waals surface area (Å²) in [4.78, 5) is 11.9. The molecule has 10 heteroatoms. The molecule has 1 aromatic carbocycles. The van der Waals surface area contributed by atoms with Crippen LogP contribution in [-0.2, 0) is 33.0 Å². The predicted molar refractivity (Wildman–Crippen MR) is 167 cm³/mol. The molecule has 1 fully saturated rings. The molecule has 40 heavy (non-hydrogen) atoms. The summed E-state index contributed by atoms with van der Waals surface area (Å²) in [6.45, 7) is 24.5. The van der Waals surface area contributed by atoms with Crippen LogP contribution in [0.1, 0.15) is 59.9 Å². The molecule has 1 unspecified atom stereocenters. The molecule has 1 aliphatic rings. The number of ether oxygens (including phenoxy) is 2. The lowest BCUT2D eigenvalue weighted by Crippen LogP contribution is -2.49. The molecular weight excluding hydrogens is 561 g/mol. The van der Waals surface area contributed by atoms with E-state index in [-0.39, 0.29) is 33.2 Å². The van der Waals surface area contributed by atoms with Crippen molar-refractivity contribution in [2.24, 2.45) is 5.92 Å². The van der Waals surface area contributed by atoms with Crippen LogP contribution in [0.15, 0.2) is 29.2 Å². The summed E-state index contributed by atoms with van der Waals surface area (Å²) < 4.78 is 52.7. The fourth-order valence-corrected chi connectivity index (χ4v) is 8.59. The van der Waals surface area contributed by atoms with Crippen LogP contribution in [-0.4, -0.2) is 75.2 Å². The van der Waals surface area contributed by atoms with Gasteiger partial charge in [-0.2, -0.15) is 0 Å². The topological polar surface area (TPSA) is 88.1 Å². The van der Waals surface area contributed by atoms with E-state index < -0.39 is 50.7 Å². The third kappa shape index (κ3) is 8.81. The van der Waals surface area contributed by atoms with Gasteiger partial charge >= 0.3 is 0 Å². The van der Waals surface area contributed by atoms with Gasteiger partial charge in [0.1, 0.15) is 6.29 Å². The van der Waals surface area contributed by atoms with Crippen LogP contribution in [0.2, 0.25) is 36.3 Å². The zero-order valence-corrected chi connectivity index (χ0v) is 29.7. The molecular formula is C30H54O7SSi2. The zero-order chi connectivity index (χ0) is 30.7. The Bertz CT molecular complexity index is 1070. The van der Waals surface area contributed by atoms with Gasteiger partial charge in [0, 0.05) is 25.9 Å². The SMILES string of the molecule is CO[C@H]1[C@@H](C[C@@H](CO[Si](C)(C)C(C)(C)C)O[Si](C)(C)C(C)(C)C)OC(CC=O)[C@@H]1CS(=O)(=O)c1ccc(C)cc1. The summed E-state index contributed by atoms with van der Waals surface area (Å²) in [6, 6.07) is 6.86. The Hall–Kier alpha value is -0.886. The molecule has 1 aliphatic heterocycles. The first kappa shape index (κ1) is 35.3. The molecule has 1 aromatic rings. The number of methoxy groups -OCH3 is 1. The van der Waals surface area contributed by atoms with E-state index in [1.165, 1.54) is 0 Å². The van der Waals surface area contributed by atoms with Gasteiger partial charge in [-0.15, -0.1) is 0 Å². The van der Waals surface area contributed by atoms with Crippen molar-refractivity contribution in [3.8, 4) is 0 Å². The molecule has 0 amide bonds. The van der Waals surface area contributed by atoms with Gasteiger partial charge in [-0.05, 0) is 55.3 Å². The van der Waals surface area contributed by atoms with Crippen LogP contribution in [0.5, 0.6) is 0 Å². The van der Waals surface area contributed by atoms with Crippen molar-refractivity contribution in [1.82, 2.24) is 0 Å². The van der Waals surface area contributed by atoms with Gasteiger partial charge in [-0.25, -0.2) is 8.42 Å². The lowest BCUT2D eigenvalue weighted by Gasteiger charge is -2.42. The highest BCUT2D eigenvalue weighted by Gasteiger charge is 2.49. The molecule has 230 valence electrons. The summed E-state index contributed by atoms with van der Waals surface area (Å²) in [6.07, 6.45) is -0.316. The molecule has 1 saturated heterocycles. The predicted octanol–water partition coefficient (Wildman–Crippen LogP) is 6.56. The number of sulfone groups is 1. The van der Waals surface area contributed by atoms with Crippen LogP contribution in [0.25, 0.3) is 0 Å². The first-order chi connectivity index (χ1) is 18.1. The fourth-order valence-electron chi connectivity index (χ4n) is 4.55. The minimum atomic E-state index is -3.62. The molecule has 0 saturated carbocycles. The Morgan fingerprint density at radius 3 is 1.98 bits per heavy atom. The highest BCUT2D eigenvalue weighted by Crippen LogP contribution is 2.41. The van der Waals surface area contributed by atoms with Crippen LogP contribution in [0.3, 0.4) is 0 Å². The van der Waals surface area contributed by atoms with Crippen molar-refractivity contribution in [2.45, 2.75) is 127 Å². The molecule has 1 heterocycles. The Labute approximate surface area is 245 Å². The van der Waals surface area contributed by atoms with E-state index in [0.29, 0.717) is 13.0 Å². The summed E-state index contributed by atoms with van der Waals surface area (Å²) in [5.74, 6) is -0.640. The van der Waals surface area contributed by atoms with Crippen molar-refractivity contribution < 1.29 is 31.5 Å². The molecule has 0 aromatic heterocycles. The van der Waals surface area contributed by atoms with E-state index in [1.807, 2.05) is 6.92 Å². The van der Waals surface area contributed by atoms with E-state index >= 15 is 0 Å². The monoisotopic (exact) mass is 614 g/mol. The number of carbonyl (C=O) groups excluding carboxylic acids is 1. The molecule has 5 atom stereocenters. The molecule has 0 bridgehead atoms. The Kier molecular flexibility index (Phi) is 11.6. The molecule has 0 spiro atoms. The van der Waals surface area contributed by atoms with Crippen molar-refractivity contribution >= 4 is 32.8 Å². The van der Waals surface area contributed by atoms with Gasteiger partial charge in [0.05, 0.1) is 41.7 Å². The Morgan fingerprint density at radius 1 is 0.950 bits per heavy atom. The first-order valence-electron chi connectivity index (χ1n) is 14.4. The number of aryl methyl sites for hydroxylation is 1. The Balaban J connectivity index is 2.36. The highest BCUT2D eigenvalue weighted by molar-refractivity contribution is 7.91. The van der Waals surface area contributed by atoms with Gasteiger partial charge in [-0.3, -0.25) is 0 Å². The quantitative estimate of drug-likeness (QED) is 0.184. The van der Waals surface area contributed by atoms with Crippen molar-refractivity contribution in [3.05, 3.63) is 29.8 Å². The maximum Gasteiger partial charge on any atom is 0.192 e. The number of hydrogen-bond donors (Lipinski definition) is 0. The maximum atomic E-state index is 13.4. The summed E-state index contributed by atoms with van der Waals surface area (Å²) in [7, 11) is -6.24. The molecule has 0 radical (unpaired) electrons. The molecule has 0 aliphatic carbocycles. The van der Waals surface area contributed by atoms with Crippen LogP contribution in [0, 0.1) is 12.8 Å². The van der Waals surface area contributed by atoms with E-state index in [2.05, 4.69) is 67.7 Å². The third-order valence-corrected chi connectivity index (χ3v) is 20.1. The second-order valence-corrected chi connectivity index (χ2v) is 26.0. The van der Waals surface area contributed by atoms with E-state index in [1.54, 1.807) is 31.4 Å². The molecule has 2 rings (SSSR count). The first-order valence-corrected chi connectivity index (χ1v) is 21.8. The summed E-state index contributed by atoms with van der Waals surface area (Å²) in [5.41, 5.74) is 0.990. The van der Waals surface area contributed by atoms with Crippen LogP contribution < -0.4 is 0 Å². The van der Waals surface area contributed by atoms with E-state index in [0.717, 1.165) is 11.8 Å². The van der Waals surface area contributed by atoms with Crippen LogP contribution >= 0.6 is 0 Å². The minimum Gasteiger partial charge on any atom is -0.414 e. The normalized spacial score (nSPS) is 23.8. The van der Waals surface area contributed by atoms with E-state index in [9.17, 15) is 13.2 Å². The third-order valence-electron chi connectivity index (χ3n) is 9.21. The number of rotatable bonds is 13. The highest BCUT2D eigenvalue weighted by atomic mass is 32.2. The number of benzene rings is 1. The van der Waals surface area contributed by atoms with Gasteiger partial charge in [0.15, 0.2) is 26.5 Å². The molecule has 0 N–H and O–H groups in total. The summed E-state index contributed by atoms with van der Waals surface area (Å²) in [5, 5.41) is 0.0576. The minimum absolute atomic E-state index is 0.00409.